The molecule has 0 aliphatic carbocycles. The number of nitrogens with two attached hydrogens (primary N) is 1. The van der Waals surface area contributed by atoms with Crippen molar-refractivity contribution in [2.24, 2.45) is 5.73 Å². The average Bonchev–Trinajstić information content (AvgIpc) is 2.46. The Kier molecular flexibility index (Phi) is 4.08. The summed E-state index contributed by atoms with van der Waals surface area (Å²) >= 11 is 0. The van der Waals surface area contributed by atoms with Crippen molar-refractivity contribution in [1.82, 2.24) is 0 Å². The van der Waals surface area contributed by atoms with Gasteiger partial charge in [-0.3, -0.25) is 9.59 Å². The standard InChI is InChI=1S/C16H15NO2/c17-16(19)14-9-5-4-6-12(14)10-11-15(18)13-7-2-1-3-8-13/h1-9H,10-11H2,(H2,17,19). The van der Waals surface area contributed by atoms with Crippen LogP contribution >= 0.6 is 0 Å². The van der Waals surface area contributed by atoms with Gasteiger partial charge in [0.2, 0.25) is 5.91 Å². The van der Waals surface area contributed by atoms with E-state index in [9.17, 15) is 9.59 Å². The topological polar surface area (TPSA) is 60.2 Å². The maximum absolute atomic E-state index is 12.0. The fourth-order valence-corrected chi connectivity index (χ4v) is 2.00. The van der Waals surface area contributed by atoms with Crippen LogP contribution in [0, 0.1) is 0 Å². The molecule has 2 aromatic rings. The molecule has 3 nitrogen and oxygen atoms in total. The van der Waals surface area contributed by atoms with Gasteiger partial charge in [-0.2, -0.15) is 0 Å². The van der Waals surface area contributed by atoms with Crippen LogP contribution in [0.5, 0.6) is 0 Å². The predicted octanol–water partition coefficient (Wildman–Crippen LogP) is 2.60. The summed E-state index contributed by atoms with van der Waals surface area (Å²) in [6, 6.07) is 16.3. The zero-order chi connectivity index (χ0) is 13.7. The Hall–Kier alpha value is -2.42. The normalized spacial score (nSPS) is 10.1. The highest BCUT2D eigenvalue weighted by Crippen LogP contribution is 2.12. The summed E-state index contributed by atoms with van der Waals surface area (Å²) in [6.45, 7) is 0. The van der Waals surface area contributed by atoms with Gasteiger partial charge in [-0.1, -0.05) is 48.5 Å². The number of ketones is 1. The first-order valence-electron chi connectivity index (χ1n) is 6.14. The van der Waals surface area contributed by atoms with Crippen LogP contribution < -0.4 is 5.73 Å². The van der Waals surface area contributed by atoms with Crippen LogP contribution in [0.3, 0.4) is 0 Å². The monoisotopic (exact) mass is 253 g/mol. The first-order valence-corrected chi connectivity index (χ1v) is 6.14. The van der Waals surface area contributed by atoms with Crippen LogP contribution in [-0.2, 0) is 6.42 Å². The molecule has 0 aliphatic heterocycles. The van der Waals surface area contributed by atoms with Crippen molar-refractivity contribution < 1.29 is 9.59 Å². The highest BCUT2D eigenvalue weighted by Gasteiger charge is 2.10. The van der Waals surface area contributed by atoms with Gasteiger partial charge in [0, 0.05) is 17.5 Å². The maximum Gasteiger partial charge on any atom is 0.248 e. The first kappa shape index (κ1) is 13.0. The van der Waals surface area contributed by atoms with Gasteiger partial charge in [-0.25, -0.2) is 0 Å². The van der Waals surface area contributed by atoms with E-state index >= 15 is 0 Å². The Morgan fingerprint density at radius 2 is 1.53 bits per heavy atom. The molecular weight excluding hydrogens is 238 g/mol. The van der Waals surface area contributed by atoms with Crippen molar-refractivity contribution >= 4 is 11.7 Å². The lowest BCUT2D eigenvalue weighted by Crippen LogP contribution is -2.14. The zero-order valence-corrected chi connectivity index (χ0v) is 10.5. The SMILES string of the molecule is NC(=O)c1ccccc1CCC(=O)c1ccccc1. The molecule has 0 saturated carbocycles. The van der Waals surface area contributed by atoms with E-state index in [2.05, 4.69) is 0 Å². The predicted molar refractivity (Wildman–Crippen MR) is 74.1 cm³/mol. The largest absolute Gasteiger partial charge is 0.366 e. The molecule has 0 fully saturated rings. The van der Waals surface area contributed by atoms with Gasteiger partial charge in [0.15, 0.2) is 5.78 Å². The summed E-state index contributed by atoms with van der Waals surface area (Å²) in [5.74, 6) is -0.386. The second kappa shape index (κ2) is 5.96. The third-order valence-electron chi connectivity index (χ3n) is 3.00. The number of amides is 1. The van der Waals surface area contributed by atoms with Crippen LogP contribution in [0.1, 0.15) is 32.7 Å². The number of Topliss-reactive ketones (excluding diaryl/α,β-unsaturated/α-hetero) is 1. The van der Waals surface area contributed by atoms with Crippen LogP contribution in [-0.4, -0.2) is 11.7 Å². The zero-order valence-electron chi connectivity index (χ0n) is 10.5. The third kappa shape index (κ3) is 3.28. The minimum Gasteiger partial charge on any atom is -0.366 e. The third-order valence-corrected chi connectivity index (χ3v) is 3.00. The lowest BCUT2D eigenvalue weighted by atomic mass is 9.99. The van der Waals surface area contributed by atoms with Gasteiger partial charge in [0.05, 0.1) is 0 Å². The molecule has 0 spiro atoms. The molecular formula is C16H15NO2. The number of hydrogen-bond donors (Lipinski definition) is 1. The molecule has 0 heterocycles. The summed E-state index contributed by atoms with van der Waals surface area (Å²) in [5.41, 5.74) is 7.31. The molecule has 0 saturated heterocycles. The fourth-order valence-electron chi connectivity index (χ4n) is 2.00. The Morgan fingerprint density at radius 1 is 0.895 bits per heavy atom. The highest BCUT2D eigenvalue weighted by atomic mass is 16.1. The fraction of sp³-hybridized carbons (Fsp3) is 0.125. The van der Waals surface area contributed by atoms with Crippen molar-refractivity contribution in [3.8, 4) is 0 Å². The Morgan fingerprint density at radius 3 is 2.21 bits per heavy atom. The number of carbonyl (C=O) groups is 2. The van der Waals surface area contributed by atoms with E-state index in [-0.39, 0.29) is 5.78 Å². The van der Waals surface area contributed by atoms with Crippen LogP contribution in [0.2, 0.25) is 0 Å². The molecule has 19 heavy (non-hydrogen) atoms. The van der Waals surface area contributed by atoms with E-state index in [1.807, 2.05) is 30.3 Å². The molecule has 0 atom stereocenters. The van der Waals surface area contributed by atoms with Crippen LogP contribution in [0.25, 0.3) is 0 Å². The van der Waals surface area contributed by atoms with Crippen molar-refractivity contribution in [3.05, 3.63) is 71.3 Å². The van der Waals surface area contributed by atoms with Gasteiger partial charge in [-0.15, -0.1) is 0 Å². The van der Waals surface area contributed by atoms with Gasteiger partial charge in [0.25, 0.3) is 0 Å². The summed E-state index contributed by atoms with van der Waals surface area (Å²) in [7, 11) is 0. The van der Waals surface area contributed by atoms with E-state index in [1.54, 1.807) is 24.3 Å². The quantitative estimate of drug-likeness (QED) is 0.832. The number of aryl methyl sites for hydroxylation is 1. The molecule has 0 unspecified atom stereocenters. The summed E-state index contributed by atoms with van der Waals surface area (Å²) in [6.07, 6.45) is 0.890. The van der Waals surface area contributed by atoms with Gasteiger partial charge in [-0.05, 0) is 18.1 Å². The minimum atomic E-state index is -0.456. The second-order valence-electron chi connectivity index (χ2n) is 4.31. The molecule has 0 bridgehead atoms. The second-order valence-corrected chi connectivity index (χ2v) is 4.31. The van der Waals surface area contributed by atoms with Crippen molar-refractivity contribution in [2.75, 3.05) is 0 Å². The van der Waals surface area contributed by atoms with E-state index in [4.69, 9.17) is 5.73 Å². The van der Waals surface area contributed by atoms with E-state index in [0.29, 0.717) is 24.0 Å². The van der Waals surface area contributed by atoms with E-state index in [0.717, 1.165) is 5.56 Å². The molecule has 0 aliphatic rings. The smallest absolute Gasteiger partial charge is 0.248 e. The summed E-state index contributed by atoms with van der Waals surface area (Å²) in [4.78, 5) is 23.3. The maximum atomic E-state index is 12.0. The number of benzene rings is 2. The first-order chi connectivity index (χ1) is 9.18. The van der Waals surface area contributed by atoms with Gasteiger partial charge in [0.1, 0.15) is 0 Å². The molecule has 2 aromatic carbocycles. The Balaban J connectivity index is 2.07. The van der Waals surface area contributed by atoms with Crippen molar-refractivity contribution in [2.45, 2.75) is 12.8 Å². The molecule has 3 heteroatoms. The molecule has 0 radical (unpaired) electrons. The van der Waals surface area contributed by atoms with E-state index < -0.39 is 5.91 Å². The molecule has 1 amide bonds. The lowest BCUT2D eigenvalue weighted by Gasteiger charge is -2.06. The number of primary amides is 1. The van der Waals surface area contributed by atoms with Crippen molar-refractivity contribution in [1.29, 1.82) is 0 Å². The highest BCUT2D eigenvalue weighted by molar-refractivity contribution is 5.97. The summed E-state index contributed by atoms with van der Waals surface area (Å²) in [5, 5.41) is 0. The average molecular weight is 253 g/mol. The minimum absolute atomic E-state index is 0.0693. The van der Waals surface area contributed by atoms with Crippen LogP contribution in [0.4, 0.5) is 0 Å². The molecule has 96 valence electrons. The Labute approximate surface area is 112 Å². The van der Waals surface area contributed by atoms with Gasteiger partial charge < -0.3 is 5.73 Å². The number of rotatable bonds is 5. The molecule has 2 rings (SSSR count). The number of hydrogen-bond acceptors (Lipinski definition) is 2. The summed E-state index contributed by atoms with van der Waals surface area (Å²) < 4.78 is 0. The molecule has 0 aromatic heterocycles. The van der Waals surface area contributed by atoms with Crippen LogP contribution in [0.15, 0.2) is 54.6 Å². The lowest BCUT2D eigenvalue weighted by molar-refractivity contribution is 0.0974. The van der Waals surface area contributed by atoms with Gasteiger partial charge >= 0.3 is 0 Å². The Bertz CT molecular complexity index is 591. The molecule has 2 N–H and O–H groups in total. The number of carbonyl (C=O) groups excluding carboxylic acids is 2. The van der Waals surface area contributed by atoms with E-state index in [1.165, 1.54) is 0 Å². The van der Waals surface area contributed by atoms with Crippen molar-refractivity contribution in [3.63, 3.8) is 0 Å².